The van der Waals surface area contributed by atoms with Crippen molar-refractivity contribution in [3.05, 3.63) is 29.8 Å². The molecule has 5 heteroatoms. The number of carbonyl (C=O) groups is 1. The Hall–Kier alpha value is -1.59. The summed E-state index contributed by atoms with van der Waals surface area (Å²) in [5.41, 5.74) is 6.46. The minimum atomic E-state index is -0.743. The average Bonchev–Trinajstić information content (AvgIpc) is 3.00. The fourth-order valence-electron chi connectivity index (χ4n) is 3.18. The van der Waals surface area contributed by atoms with Crippen molar-refractivity contribution in [1.29, 1.82) is 0 Å². The van der Waals surface area contributed by atoms with E-state index in [-0.39, 0.29) is 30.4 Å². The Labute approximate surface area is 138 Å². The molecular weight excluding hydrogens is 292 g/mol. The predicted octanol–water partition coefficient (Wildman–Crippen LogP) is 2.00. The summed E-state index contributed by atoms with van der Waals surface area (Å²) in [5, 5.41) is 13.2. The second-order valence-corrected chi connectivity index (χ2v) is 6.53. The van der Waals surface area contributed by atoms with Crippen LogP contribution in [0.1, 0.15) is 44.8 Å². The molecule has 1 saturated carbocycles. The van der Waals surface area contributed by atoms with Crippen LogP contribution >= 0.6 is 0 Å². The highest BCUT2D eigenvalue weighted by Gasteiger charge is 2.31. The summed E-state index contributed by atoms with van der Waals surface area (Å²) in [7, 11) is 0. The van der Waals surface area contributed by atoms with Gasteiger partial charge in [-0.3, -0.25) is 4.79 Å². The van der Waals surface area contributed by atoms with Crippen molar-refractivity contribution < 1.29 is 14.6 Å². The third-order valence-electron chi connectivity index (χ3n) is 4.38. The number of nitrogens with two attached hydrogens (primary N) is 1. The van der Waals surface area contributed by atoms with Crippen LogP contribution in [0, 0.1) is 11.8 Å². The van der Waals surface area contributed by atoms with Crippen LogP contribution in [-0.2, 0) is 4.79 Å². The quantitative estimate of drug-likeness (QED) is 0.717. The predicted molar refractivity (Wildman–Crippen MR) is 90.1 cm³/mol. The van der Waals surface area contributed by atoms with E-state index in [1.807, 2.05) is 38.1 Å². The number of hydrogen-bond donors (Lipinski definition) is 3. The lowest BCUT2D eigenvalue weighted by atomic mass is 9.95. The first kappa shape index (κ1) is 17.8. The number of rotatable bonds is 7. The summed E-state index contributed by atoms with van der Waals surface area (Å²) in [4.78, 5) is 12.3. The third kappa shape index (κ3) is 4.94. The van der Waals surface area contributed by atoms with Crippen molar-refractivity contribution in [2.45, 2.75) is 45.3 Å². The summed E-state index contributed by atoms with van der Waals surface area (Å²) < 4.78 is 5.63. The zero-order valence-electron chi connectivity index (χ0n) is 14.0. The van der Waals surface area contributed by atoms with Gasteiger partial charge in [0.1, 0.15) is 5.75 Å². The Morgan fingerprint density at radius 3 is 2.91 bits per heavy atom. The van der Waals surface area contributed by atoms with Crippen LogP contribution in [0.3, 0.4) is 0 Å². The molecule has 5 nitrogen and oxygen atoms in total. The molecule has 0 aliphatic heterocycles. The van der Waals surface area contributed by atoms with Crippen LogP contribution in [-0.4, -0.2) is 30.2 Å². The maximum atomic E-state index is 12.3. The summed E-state index contributed by atoms with van der Waals surface area (Å²) in [6, 6.07) is 7.36. The lowest BCUT2D eigenvalue weighted by Gasteiger charge is -2.19. The average molecular weight is 320 g/mol. The third-order valence-corrected chi connectivity index (χ3v) is 4.38. The fraction of sp³-hybridized carbons (Fsp3) is 0.611. The molecule has 1 aliphatic carbocycles. The topological polar surface area (TPSA) is 84.6 Å². The first-order valence-corrected chi connectivity index (χ1v) is 8.43. The molecule has 128 valence electrons. The second kappa shape index (κ2) is 8.31. The van der Waals surface area contributed by atoms with E-state index in [9.17, 15) is 9.90 Å². The van der Waals surface area contributed by atoms with Crippen molar-refractivity contribution in [3.8, 4) is 5.75 Å². The normalized spacial score (nSPS) is 22.1. The molecule has 4 N–H and O–H groups in total. The van der Waals surface area contributed by atoms with E-state index in [0.717, 1.165) is 30.6 Å². The van der Waals surface area contributed by atoms with Gasteiger partial charge in [-0.25, -0.2) is 0 Å². The smallest absolute Gasteiger partial charge is 0.223 e. The molecule has 0 radical (unpaired) electrons. The van der Waals surface area contributed by atoms with E-state index < -0.39 is 6.10 Å². The van der Waals surface area contributed by atoms with E-state index in [2.05, 4.69) is 5.32 Å². The molecule has 0 saturated heterocycles. The van der Waals surface area contributed by atoms with Gasteiger partial charge < -0.3 is 20.9 Å². The number of amides is 1. The van der Waals surface area contributed by atoms with E-state index in [0.29, 0.717) is 6.54 Å². The maximum Gasteiger partial charge on any atom is 0.223 e. The number of benzene rings is 1. The first-order valence-electron chi connectivity index (χ1n) is 8.43. The molecule has 3 atom stereocenters. The number of hydrogen-bond acceptors (Lipinski definition) is 4. The summed E-state index contributed by atoms with van der Waals surface area (Å²) in [6.07, 6.45) is 2.30. The fourth-order valence-corrected chi connectivity index (χ4v) is 3.18. The van der Waals surface area contributed by atoms with Gasteiger partial charge in [0, 0.05) is 12.5 Å². The van der Waals surface area contributed by atoms with E-state index in [4.69, 9.17) is 10.5 Å². The van der Waals surface area contributed by atoms with Gasteiger partial charge in [-0.2, -0.15) is 0 Å². The minimum absolute atomic E-state index is 0.00610. The molecule has 1 aliphatic rings. The van der Waals surface area contributed by atoms with Gasteiger partial charge in [0.2, 0.25) is 5.91 Å². The summed E-state index contributed by atoms with van der Waals surface area (Å²) in [5.74, 6) is 0.992. The van der Waals surface area contributed by atoms with Crippen LogP contribution < -0.4 is 15.8 Å². The molecule has 2 rings (SSSR count). The van der Waals surface area contributed by atoms with Gasteiger partial charge in [-0.05, 0) is 56.8 Å². The zero-order chi connectivity index (χ0) is 16.8. The van der Waals surface area contributed by atoms with Gasteiger partial charge in [-0.1, -0.05) is 18.6 Å². The molecule has 23 heavy (non-hydrogen) atoms. The molecule has 1 aromatic carbocycles. The first-order chi connectivity index (χ1) is 11.0. The van der Waals surface area contributed by atoms with E-state index in [1.165, 1.54) is 0 Å². The summed E-state index contributed by atoms with van der Waals surface area (Å²) >= 11 is 0. The monoisotopic (exact) mass is 320 g/mol. The highest BCUT2D eigenvalue weighted by atomic mass is 16.5. The zero-order valence-corrected chi connectivity index (χ0v) is 14.0. The molecule has 1 aromatic rings. The highest BCUT2D eigenvalue weighted by molar-refractivity contribution is 5.79. The van der Waals surface area contributed by atoms with E-state index >= 15 is 0 Å². The largest absolute Gasteiger partial charge is 0.491 e. The highest BCUT2D eigenvalue weighted by Crippen LogP contribution is 2.31. The minimum Gasteiger partial charge on any atom is -0.491 e. The van der Waals surface area contributed by atoms with Crippen LogP contribution in [0.4, 0.5) is 0 Å². The van der Waals surface area contributed by atoms with Crippen LogP contribution in [0.15, 0.2) is 24.3 Å². The Bertz CT molecular complexity index is 519. The molecule has 1 fully saturated rings. The number of aliphatic hydroxyl groups excluding tert-OH is 1. The van der Waals surface area contributed by atoms with Crippen LogP contribution in [0.25, 0.3) is 0 Å². The lowest BCUT2D eigenvalue weighted by molar-refractivity contribution is -0.126. The van der Waals surface area contributed by atoms with Crippen molar-refractivity contribution in [2.24, 2.45) is 17.6 Å². The van der Waals surface area contributed by atoms with E-state index in [1.54, 1.807) is 0 Å². The number of ether oxygens (including phenoxy) is 1. The number of aliphatic hydroxyl groups is 1. The number of nitrogens with one attached hydrogen (secondary N) is 1. The van der Waals surface area contributed by atoms with Crippen molar-refractivity contribution in [3.63, 3.8) is 0 Å². The number of carbonyl (C=O) groups excluding carboxylic acids is 1. The molecule has 0 heterocycles. The molecule has 0 aromatic heterocycles. The summed E-state index contributed by atoms with van der Waals surface area (Å²) in [6.45, 7) is 4.67. The Balaban J connectivity index is 1.89. The van der Waals surface area contributed by atoms with Crippen LogP contribution in [0.5, 0.6) is 5.75 Å². The van der Waals surface area contributed by atoms with Crippen molar-refractivity contribution >= 4 is 5.91 Å². The molecular formula is C18H28N2O3. The second-order valence-electron chi connectivity index (χ2n) is 6.53. The van der Waals surface area contributed by atoms with Crippen LogP contribution in [0.2, 0.25) is 0 Å². The standard InChI is InChI=1S/C18H28N2O3/c1-12(2)23-15-7-3-5-13(9-15)17(21)11-20-18(22)16-8-4-6-14(16)10-19/h3,5,7,9,12,14,16-17,21H,4,6,8,10-11,19H2,1-2H3,(H,20,22)/t14-,16-,17?/m1/s1. The van der Waals surface area contributed by atoms with Gasteiger partial charge in [-0.15, -0.1) is 0 Å². The molecule has 1 amide bonds. The SMILES string of the molecule is CC(C)Oc1cccc(C(O)CNC(=O)[C@@H]2CCC[C@@H]2CN)c1. The molecule has 0 bridgehead atoms. The van der Waals surface area contributed by atoms with Gasteiger partial charge in [0.15, 0.2) is 0 Å². The van der Waals surface area contributed by atoms with Crippen molar-refractivity contribution in [2.75, 3.05) is 13.1 Å². The lowest BCUT2D eigenvalue weighted by Crippen LogP contribution is -2.37. The Morgan fingerprint density at radius 1 is 1.43 bits per heavy atom. The van der Waals surface area contributed by atoms with Gasteiger partial charge >= 0.3 is 0 Å². The van der Waals surface area contributed by atoms with Gasteiger partial charge in [0.05, 0.1) is 12.2 Å². The van der Waals surface area contributed by atoms with Crippen molar-refractivity contribution in [1.82, 2.24) is 5.32 Å². The molecule has 0 spiro atoms. The molecule has 1 unspecified atom stereocenters. The Kier molecular flexibility index (Phi) is 6.42. The maximum absolute atomic E-state index is 12.3. The van der Waals surface area contributed by atoms with Gasteiger partial charge in [0.25, 0.3) is 0 Å². The Morgan fingerprint density at radius 2 is 2.22 bits per heavy atom.